The number of ether oxygens (including phenoxy) is 1. The number of carbonyl (C=O) groups is 1. The third kappa shape index (κ3) is 4.30. The lowest BCUT2D eigenvalue weighted by Gasteiger charge is -2.23. The van der Waals surface area contributed by atoms with Crippen molar-refractivity contribution in [1.29, 1.82) is 5.26 Å². The molecule has 2 aromatic heterocycles. The van der Waals surface area contributed by atoms with Gasteiger partial charge in [0.05, 0.1) is 19.1 Å². The number of anilines is 1. The lowest BCUT2D eigenvalue weighted by Crippen LogP contribution is -2.21. The highest BCUT2D eigenvalue weighted by Crippen LogP contribution is 2.42. The smallest absolute Gasteiger partial charge is 0.490 e. The number of fused-ring (bicyclic) bond motifs is 3. The van der Waals surface area contributed by atoms with Gasteiger partial charge in [-0.1, -0.05) is 6.07 Å². The van der Waals surface area contributed by atoms with Gasteiger partial charge in [0.1, 0.15) is 29.0 Å². The standard InChI is InChI=1S/C19H15N3O2.C2HF3O2/c1-23-12-6-4-11-5-7-13-17(16-3-2-8-24-16)15(10-20)19(21)22-18(13)14(11)9-12;3-2(4,5)1(6)7/h2-4,6,8-9H,5,7H2,1H3,(H2,21,22);(H,6,7). The number of furan rings is 1. The molecule has 0 atom stereocenters. The Bertz CT molecular complexity index is 1170. The van der Waals surface area contributed by atoms with Gasteiger partial charge in [0.15, 0.2) is 0 Å². The zero-order valence-electron chi connectivity index (χ0n) is 16.2. The van der Waals surface area contributed by atoms with Crippen molar-refractivity contribution in [2.75, 3.05) is 12.8 Å². The van der Waals surface area contributed by atoms with Gasteiger partial charge in [0, 0.05) is 11.1 Å². The minimum atomic E-state index is -5.08. The molecular weight excluding hydrogens is 415 g/mol. The van der Waals surface area contributed by atoms with Crippen LogP contribution in [0.3, 0.4) is 0 Å². The van der Waals surface area contributed by atoms with Gasteiger partial charge in [0.25, 0.3) is 0 Å². The molecule has 2 heterocycles. The number of carboxylic acids is 1. The molecule has 7 nitrogen and oxygen atoms in total. The van der Waals surface area contributed by atoms with Crippen molar-refractivity contribution in [3.8, 4) is 34.4 Å². The number of hydrogen-bond acceptors (Lipinski definition) is 6. The highest BCUT2D eigenvalue weighted by atomic mass is 19.4. The van der Waals surface area contributed by atoms with Gasteiger partial charge < -0.3 is 20.0 Å². The number of nitrogens with zero attached hydrogens (tertiary/aromatic N) is 2. The van der Waals surface area contributed by atoms with E-state index >= 15 is 0 Å². The molecule has 10 heteroatoms. The van der Waals surface area contributed by atoms with E-state index in [0.29, 0.717) is 11.3 Å². The van der Waals surface area contributed by atoms with Gasteiger partial charge in [-0.25, -0.2) is 9.78 Å². The molecule has 0 unspecified atom stereocenters. The number of pyridine rings is 1. The van der Waals surface area contributed by atoms with E-state index in [1.54, 1.807) is 19.4 Å². The summed E-state index contributed by atoms with van der Waals surface area (Å²) in [5.41, 5.74) is 11.2. The second kappa shape index (κ2) is 8.39. The molecule has 0 fully saturated rings. The molecule has 0 spiro atoms. The topological polar surface area (TPSA) is 122 Å². The summed E-state index contributed by atoms with van der Waals surface area (Å²) in [6, 6.07) is 11.8. The third-order valence-corrected chi connectivity index (χ3v) is 4.66. The molecule has 160 valence electrons. The van der Waals surface area contributed by atoms with E-state index in [9.17, 15) is 18.4 Å². The van der Waals surface area contributed by atoms with E-state index in [1.165, 1.54) is 5.56 Å². The normalized spacial score (nSPS) is 12.0. The first-order chi connectivity index (χ1) is 14.7. The Labute approximate surface area is 174 Å². The van der Waals surface area contributed by atoms with Gasteiger partial charge >= 0.3 is 12.1 Å². The molecular formula is C21H16F3N3O4. The fourth-order valence-electron chi connectivity index (χ4n) is 3.29. The summed E-state index contributed by atoms with van der Waals surface area (Å²) < 4.78 is 42.6. The number of rotatable bonds is 2. The summed E-state index contributed by atoms with van der Waals surface area (Å²) in [5.74, 6) is -1.13. The quantitative estimate of drug-likeness (QED) is 0.623. The Morgan fingerprint density at radius 1 is 1.32 bits per heavy atom. The van der Waals surface area contributed by atoms with E-state index < -0.39 is 12.1 Å². The minimum absolute atomic E-state index is 0.221. The summed E-state index contributed by atoms with van der Waals surface area (Å²) in [4.78, 5) is 13.4. The van der Waals surface area contributed by atoms with Crippen LogP contribution in [0, 0.1) is 11.3 Å². The number of nitrogen functional groups attached to an aromatic ring is 1. The molecule has 0 amide bonds. The van der Waals surface area contributed by atoms with E-state index in [-0.39, 0.29) is 5.82 Å². The molecule has 1 aromatic carbocycles. The van der Waals surface area contributed by atoms with Crippen LogP contribution >= 0.6 is 0 Å². The number of nitriles is 1. The number of halogens is 3. The van der Waals surface area contributed by atoms with Crippen molar-refractivity contribution >= 4 is 11.8 Å². The Morgan fingerprint density at radius 2 is 2.03 bits per heavy atom. The van der Waals surface area contributed by atoms with E-state index in [1.807, 2.05) is 18.2 Å². The average molecular weight is 431 g/mol. The van der Waals surface area contributed by atoms with Crippen molar-refractivity contribution in [2.45, 2.75) is 19.0 Å². The molecule has 0 bridgehead atoms. The van der Waals surface area contributed by atoms with Crippen LogP contribution in [0.4, 0.5) is 19.0 Å². The number of aliphatic carboxylic acids is 1. The van der Waals surface area contributed by atoms with E-state index in [0.717, 1.165) is 41.0 Å². The zero-order valence-corrected chi connectivity index (χ0v) is 16.2. The van der Waals surface area contributed by atoms with Crippen molar-refractivity contribution in [1.82, 2.24) is 4.98 Å². The van der Waals surface area contributed by atoms with Gasteiger partial charge in [-0.15, -0.1) is 0 Å². The van der Waals surface area contributed by atoms with Crippen LogP contribution in [0.15, 0.2) is 41.0 Å². The fourth-order valence-corrected chi connectivity index (χ4v) is 3.29. The van der Waals surface area contributed by atoms with Crippen molar-refractivity contribution in [2.24, 2.45) is 0 Å². The van der Waals surface area contributed by atoms with Gasteiger partial charge in [-0.3, -0.25) is 0 Å². The minimum Gasteiger partial charge on any atom is -0.497 e. The van der Waals surface area contributed by atoms with Gasteiger partial charge in [-0.2, -0.15) is 18.4 Å². The number of aryl methyl sites for hydroxylation is 1. The largest absolute Gasteiger partial charge is 0.497 e. The van der Waals surface area contributed by atoms with E-state index in [4.69, 9.17) is 24.8 Å². The van der Waals surface area contributed by atoms with Gasteiger partial charge in [-0.05, 0) is 48.2 Å². The van der Waals surface area contributed by atoms with Crippen molar-refractivity contribution in [3.63, 3.8) is 0 Å². The van der Waals surface area contributed by atoms with Crippen LogP contribution in [0.25, 0.3) is 22.6 Å². The monoisotopic (exact) mass is 431 g/mol. The Hall–Kier alpha value is -4.00. The maximum atomic E-state index is 10.6. The van der Waals surface area contributed by atoms with Crippen molar-refractivity contribution in [3.05, 3.63) is 53.3 Å². The summed E-state index contributed by atoms with van der Waals surface area (Å²) in [5, 5.41) is 16.7. The zero-order chi connectivity index (χ0) is 22.8. The third-order valence-electron chi connectivity index (χ3n) is 4.66. The SMILES string of the molecule is COc1ccc2c(c1)-c1nc(N)c(C#N)c(-c3ccco3)c1CC2.O=C(O)C(F)(F)F. The maximum Gasteiger partial charge on any atom is 0.490 e. The molecule has 1 aliphatic carbocycles. The Morgan fingerprint density at radius 3 is 2.58 bits per heavy atom. The van der Waals surface area contributed by atoms with Crippen LogP contribution in [-0.2, 0) is 17.6 Å². The molecule has 3 N–H and O–H groups in total. The molecule has 1 aliphatic rings. The highest BCUT2D eigenvalue weighted by Gasteiger charge is 2.38. The van der Waals surface area contributed by atoms with Crippen molar-refractivity contribution < 1.29 is 32.2 Å². The average Bonchev–Trinajstić information content (AvgIpc) is 3.26. The molecule has 0 saturated heterocycles. The molecule has 0 aliphatic heterocycles. The summed E-state index contributed by atoms with van der Waals surface area (Å²) in [7, 11) is 1.64. The predicted octanol–water partition coefficient (Wildman–Crippen LogP) is 4.20. The predicted molar refractivity (Wildman–Crippen MR) is 104 cm³/mol. The van der Waals surface area contributed by atoms with Crippen LogP contribution in [0.2, 0.25) is 0 Å². The van der Waals surface area contributed by atoms with Crippen LogP contribution in [0.5, 0.6) is 5.75 Å². The van der Waals surface area contributed by atoms with Crippen LogP contribution in [-0.4, -0.2) is 29.3 Å². The number of carboxylic acid groups (broad SMARTS) is 1. The molecule has 0 saturated carbocycles. The van der Waals surface area contributed by atoms with Gasteiger partial charge in [0.2, 0.25) is 0 Å². The number of alkyl halides is 3. The first-order valence-corrected chi connectivity index (χ1v) is 8.91. The Kier molecular flexibility index (Phi) is 5.88. The first-order valence-electron chi connectivity index (χ1n) is 8.91. The number of hydrogen-bond donors (Lipinski definition) is 2. The second-order valence-electron chi connectivity index (χ2n) is 6.49. The lowest BCUT2D eigenvalue weighted by atomic mass is 9.84. The fraction of sp³-hybridized carbons (Fsp3) is 0.190. The molecule has 4 rings (SSSR count). The summed E-state index contributed by atoms with van der Waals surface area (Å²) in [6.45, 7) is 0. The maximum absolute atomic E-state index is 10.6. The number of benzene rings is 1. The number of aromatic nitrogens is 1. The number of methoxy groups -OCH3 is 1. The first kappa shape index (κ1) is 21.7. The molecule has 3 aromatic rings. The highest BCUT2D eigenvalue weighted by molar-refractivity contribution is 5.85. The lowest BCUT2D eigenvalue weighted by molar-refractivity contribution is -0.192. The Balaban J connectivity index is 0.000000339. The van der Waals surface area contributed by atoms with E-state index in [2.05, 4.69) is 17.1 Å². The van der Waals surface area contributed by atoms with Crippen LogP contribution < -0.4 is 10.5 Å². The van der Waals surface area contributed by atoms with Crippen LogP contribution in [0.1, 0.15) is 16.7 Å². The second-order valence-corrected chi connectivity index (χ2v) is 6.49. The summed E-state index contributed by atoms with van der Waals surface area (Å²) >= 11 is 0. The number of nitrogens with two attached hydrogens (primary N) is 1. The molecule has 31 heavy (non-hydrogen) atoms. The summed E-state index contributed by atoms with van der Waals surface area (Å²) in [6.07, 6.45) is -1.83. The molecule has 0 radical (unpaired) electrons.